The summed E-state index contributed by atoms with van der Waals surface area (Å²) in [5, 5.41) is 23.7. The Balaban J connectivity index is 3.65. The van der Waals surface area contributed by atoms with Crippen LogP contribution in [0, 0.1) is 41.4 Å². The molecule has 1 rings (SSSR count). The summed E-state index contributed by atoms with van der Waals surface area (Å²) in [6.07, 6.45) is 16.9. The van der Waals surface area contributed by atoms with Gasteiger partial charge >= 0.3 is 17.9 Å². The van der Waals surface area contributed by atoms with Crippen molar-refractivity contribution in [3.8, 4) is 0 Å². The highest BCUT2D eigenvalue weighted by molar-refractivity contribution is 5.82. The van der Waals surface area contributed by atoms with Crippen LogP contribution < -0.4 is 0 Å². The maximum Gasteiger partial charge on any atom is 0.331 e. The predicted molar refractivity (Wildman–Crippen MR) is 292 cm³/mol. The number of aliphatic hydroxyl groups is 2. The number of hydrogen-bond donors (Lipinski definition) is 2. The Morgan fingerprint density at radius 1 is 0.878 bits per heavy atom. The normalized spacial score (nSPS) is 29.2. The number of esters is 3. The summed E-state index contributed by atoms with van der Waals surface area (Å²) < 4.78 is 41.6. The lowest BCUT2D eigenvalue weighted by Gasteiger charge is -2.35. The summed E-state index contributed by atoms with van der Waals surface area (Å²) in [6, 6.07) is -1.14. The Bertz CT molecular complexity index is 1770. The number of amides is 1. The van der Waals surface area contributed by atoms with Crippen LogP contribution in [0.4, 0.5) is 0 Å². The van der Waals surface area contributed by atoms with Crippen LogP contribution in [0.3, 0.4) is 0 Å². The van der Waals surface area contributed by atoms with E-state index in [9.17, 15) is 29.4 Å². The first-order valence-electron chi connectivity index (χ1n) is 26.8. The highest BCUT2D eigenvalue weighted by Gasteiger charge is 2.37. The van der Waals surface area contributed by atoms with Crippen LogP contribution in [-0.2, 0) is 52.3 Å². The number of likely N-dealkylation sites (N-methyl/N-ethyl adjacent to an activating group) is 2. The molecule has 426 valence electrons. The van der Waals surface area contributed by atoms with Gasteiger partial charge in [-0.1, -0.05) is 91.0 Å². The molecule has 0 radical (unpaired) electrons. The predicted octanol–water partition coefficient (Wildman–Crippen LogP) is 7.82. The first kappa shape index (κ1) is 68.3. The van der Waals surface area contributed by atoms with E-state index in [-0.39, 0.29) is 66.9 Å². The van der Waals surface area contributed by atoms with E-state index in [0.717, 1.165) is 18.4 Å². The number of aliphatic hydroxyl groups excluding tert-OH is 2. The van der Waals surface area contributed by atoms with Crippen LogP contribution in [0.15, 0.2) is 60.4 Å². The highest BCUT2D eigenvalue weighted by atomic mass is 16.6. The number of carbonyl (C=O) groups excluding carboxylic acids is 4. The Hall–Kier alpha value is -3.74. The standard InChI is InChI=1S/C58H101N3O13/c1-38-27-28-39(2)49(70-17)31-29-40(3)55(65)44(7)51(74-58(67)48(36-68-15)60(12)13)24-20-19-21-26-53(63)72-50(25-22-23-47(35-38)69-16)43(6)54(64)41(4)30-32-52(73-57(66)46(9)59(10)11)45(8)56(71-18)42(5)33-34-61(14)37-62/h19-23,26,28,33-34,37-38,40-52,54-56,64-65H,24-25,27,29-32,35-36H2,1-18H3/b20-19+,23-22+,26-21+,34-33+,39-28+/t38-,40-,41+,42-,43-,44-,45+,46?,47+,48?,49+,50+,51-,52-,54+,55-,56-/m1/s1. The number of rotatable bonds is 23. The van der Waals surface area contributed by atoms with Gasteiger partial charge in [0.2, 0.25) is 6.41 Å². The molecule has 1 aliphatic rings. The third kappa shape index (κ3) is 24.1. The summed E-state index contributed by atoms with van der Waals surface area (Å²) in [4.78, 5) is 56.8. The van der Waals surface area contributed by atoms with Gasteiger partial charge in [0.05, 0.1) is 37.1 Å². The highest BCUT2D eigenvalue weighted by Crippen LogP contribution is 2.31. The van der Waals surface area contributed by atoms with E-state index < -0.39 is 66.4 Å². The molecule has 2 N–H and O–H groups in total. The second-order valence-corrected chi connectivity index (χ2v) is 21.6. The van der Waals surface area contributed by atoms with Gasteiger partial charge in [-0.2, -0.15) is 0 Å². The molecule has 0 aliphatic carbocycles. The van der Waals surface area contributed by atoms with Crippen LogP contribution in [-0.4, -0.2) is 180 Å². The fourth-order valence-electron chi connectivity index (χ4n) is 9.41. The van der Waals surface area contributed by atoms with Crippen LogP contribution >= 0.6 is 0 Å². The molecule has 17 atom stereocenters. The van der Waals surface area contributed by atoms with Crippen molar-refractivity contribution < 1.29 is 62.5 Å². The van der Waals surface area contributed by atoms with Crippen molar-refractivity contribution in [2.75, 3.05) is 70.3 Å². The molecule has 0 aromatic rings. The molecule has 1 aliphatic heterocycles. The van der Waals surface area contributed by atoms with Gasteiger partial charge in [0.15, 0.2) is 0 Å². The fourth-order valence-corrected chi connectivity index (χ4v) is 9.41. The minimum Gasteiger partial charge on any atom is -0.461 e. The van der Waals surface area contributed by atoms with Crippen LogP contribution in [0.5, 0.6) is 0 Å². The van der Waals surface area contributed by atoms with Gasteiger partial charge in [0, 0.05) is 84.3 Å². The van der Waals surface area contributed by atoms with Gasteiger partial charge < -0.3 is 48.3 Å². The zero-order chi connectivity index (χ0) is 56.2. The number of nitrogens with zero attached hydrogens (tertiary/aromatic N) is 3. The van der Waals surface area contributed by atoms with E-state index in [1.54, 1.807) is 83.6 Å². The van der Waals surface area contributed by atoms with Crippen molar-refractivity contribution in [3.05, 3.63) is 60.4 Å². The average Bonchev–Trinajstić information content (AvgIpc) is 3.37. The smallest absolute Gasteiger partial charge is 0.331 e. The minimum absolute atomic E-state index is 0.129. The van der Waals surface area contributed by atoms with Crippen molar-refractivity contribution in [1.82, 2.24) is 14.7 Å². The van der Waals surface area contributed by atoms with Crippen LogP contribution in [0.2, 0.25) is 0 Å². The van der Waals surface area contributed by atoms with Crippen LogP contribution in [0.1, 0.15) is 114 Å². The van der Waals surface area contributed by atoms with Crippen molar-refractivity contribution in [2.45, 2.75) is 175 Å². The molecule has 0 spiro atoms. The third-order valence-corrected chi connectivity index (χ3v) is 15.2. The summed E-state index contributed by atoms with van der Waals surface area (Å²) >= 11 is 0. The molecule has 16 nitrogen and oxygen atoms in total. The summed E-state index contributed by atoms with van der Waals surface area (Å²) in [6.45, 7) is 17.9. The quantitative estimate of drug-likeness (QED) is 0.0437. The van der Waals surface area contributed by atoms with E-state index in [0.29, 0.717) is 38.5 Å². The lowest BCUT2D eigenvalue weighted by atomic mass is 9.82. The number of allylic oxidation sites excluding steroid dienone is 3. The lowest BCUT2D eigenvalue weighted by Crippen LogP contribution is -2.44. The zero-order valence-electron chi connectivity index (χ0n) is 48.7. The largest absolute Gasteiger partial charge is 0.461 e. The molecule has 1 heterocycles. The van der Waals surface area contributed by atoms with E-state index in [4.69, 9.17) is 33.2 Å². The van der Waals surface area contributed by atoms with E-state index in [1.165, 1.54) is 18.1 Å². The van der Waals surface area contributed by atoms with Gasteiger partial charge in [0.25, 0.3) is 0 Å². The SMILES string of the molecule is COCC(C(=O)O[C@@H]1C/C=C/C=C/C(=O)O[C@H]([C@@H](C)[C@@H](O)[C@@H](C)CC[C@@H](OC(=O)C(C)N(C)C)[C@H](C)[C@H](OC)[C@H](C)/C=C/N(C)C=O)C/C=C/[C@H](OC)C[C@H](C)C/C=C(\C)[C@@H](OC)CC[C@@H](C)[C@@H](O)[C@@H]1C)N(C)C. The summed E-state index contributed by atoms with van der Waals surface area (Å²) in [5.74, 6) is -2.96. The van der Waals surface area contributed by atoms with E-state index >= 15 is 0 Å². The maximum absolute atomic E-state index is 13.6. The van der Waals surface area contributed by atoms with Gasteiger partial charge in [-0.05, 0) is 104 Å². The summed E-state index contributed by atoms with van der Waals surface area (Å²) in [7, 11) is 15.4. The molecule has 2 unspecified atom stereocenters. The second kappa shape index (κ2) is 36.3. The molecule has 0 saturated heterocycles. The number of methoxy groups -OCH3 is 4. The average molecular weight is 1050 g/mol. The third-order valence-electron chi connectivity index (χ3n) is 15.2. The van der Waals surface area contributed by atoms with Gasteiger partial charge in [-0.3, -0.25) is 24.2 Å². The number of ether oxygens (including phenoxy) is 7. The second-order valence-electron chi connectivity index (χ2n) is 21.6. The molecular formula is C58H101N3O13. The van der Waals surface area contributed by atoms with Gasteiger partial charge in [0.1, 0.15) is 30.4 Å². The Labute approximate surface area is 446 Å². The van der Waals surface area contributed by atoms with Crippen LogP contribution in [0.25, 0.3) is 0 Å². The minimum atomic E-state index is -0.914. The first-order chi connectivity index (χ1) is 34.9. The molecule has 0 bridgehead atoms. The molecule has 74 heavy (non-hydrogen) atoms. The Morgan fingerprint density at radius 3 is 2.14 bits per heavy atom. The molecule has 1 amide bonds. The number of cyclic esters (lactones) is 1. The lowest BCUT2D eigenvalue weighted by molar-refractivity contribution is -0.162. The van der Waals surface area contributed by atoms with Crippen molar-refractivity contribution in [1.29, 1.82) is 0 Å². The zero-order valence-corrected chi connectivity index (χ0v) is 48.7. The van der Waals surface area contributed by atoms with Crippen molar-refractivity contribution in [3.63, 3.8) is 0 Å². The molecule has 0 aromatic heterocycles. The first-order valence-corrected chi connectivity index (χ1v) is 26.8. The Morgan fingerprint density at radius 2 is 1.55 bits per heavy atom. The summed E-state index contributed by atoms with van der Waals surface area (Å²) in [5.41, 5.74) is 1.11. The van der Waals surface area contributed by atoms with E-state index in [2.05, 4.69) is 19.9 Å². The molecule has 0 saturated carbocycles. The van der Waals surface area contributed by atoms with Gasteiger partial charge in [-0.25, -0.2) is 4.79 Å². The van der Waals surface area contributed by atoms with Crippen molar-refractivity contribution >= 4 is 24.3 Å². The van der Waals surface area contributed by atoms with E-state index in [1.807, 2.05) is 73.9 Å². The number of hydrogen-bond acceptors (Lipinski definition) is 15. The topological polar surface area (TPSA) is 183 Å². The monoisotopic (exact) mass is 1050 g/mol. The molecule has 0 fully saturated rings. The van der Waals surface area contributed by atoms with Gasteiger partial charge in [-0.15, -0.1) is 0 Å². The Kier molecular flexibility index (Phi) is 33.5. The molecule has 16 heteroatoms. The maximum atomic E-state index is 13.6. The molecular weight excluding hydrogens is 947 g/mol. The molecule has 0 aromatic carbocycles. The number of carbonyl (C=O) groups is 4. The fraction of sp³-hybridized carbons (Fsp3) is 0.759. The van der Waals surface area contributed by atoms with Crippen molar-refractivity contribution in [2.24, 2.45) is 41.4 Å².